The standard InChI is InChI=1S/C24H31N5O2/c1-2-27-12-14-28(15-13-27)23-8-7-18-17-29(11-9-20(18)25-23)24(30)26-21-10-16-31-22-6-4-3-5-19(21)22/h3-8,21H,2,9-17H2,1H3,(H,26,30)/t21-/m0/s1. The minimum Gasteiger partial charge on any atom is -0.493 e. The van der Waals surface area contributed by atoms with Crippen LogP contribution in [0.15, 0.2) is 36.4 Å². The maximum absolute atomic E-state index is 13.0. The van der Waals surface area contributed by atoms with Crippen LogP contribution in [0.25, 0.3) is 0 Å². The fraction of sp³-hybridized carbons (Fsp3) is 0.500. The smallest absolute Gasteiger partial charge is 0.318 e. The number of piperazine rings is 1. The van der Waals surface area contributed by atoms with Gasteiger partial charge in [-0.2, -0.15) is 0 Å². The largest absolute Gasteiger partial charge is 0.493 e. The number of carbonyl (C=O) groups is 1. The molecule has 1 saturated heterocycles. The topological polar surface area (TPSA) is 60.9 Å². The summed E-state index contributed by atoms with van der Waals surface area (Å²) in [7, 11) is 0. The molecular weight excluding hydrogens is 390 g/mol. The minimum absolute atomic E-state index is 0.00105. The number of pyridine rings is 1. The molecule has 1 atom stereocenters. The van der Waals surface area contributed by atoms with E-state index in [9.17, 15) is 4.79 Å². The normalized spacial score (nSPS) is 21.1. The fourth-order valence-corrected chi connectivity index (χ4v) is 4.78. The van der Waals surface area contributed by atoms with Crippen molar-refractivity contribution in [1.82, 2.24) is 20.1 Å². The van der Waals surface area contributed by atoms with Crippen LogP contribution in [0, 0.1) is 0 Å². The number of anilines is 1. The predicted octanol–water partition coefficient (Wildman–Crippen LogP) is 2.82. The van der Waals surface area contributed by atoms with Crippen LogP contribution in [0.5, 0.6) is 5.75 Å². The highest BCUT2D eigenvalue weighted by atomic mass is 16.5. The molecule has 0 bridgehead atoms. The average Bonchev–Trinajstić information content (AvgIpc) is 2.83. The highest BCUT2D eigenvalue weighted by molar-refractivity contribution is 5.75. The zero-order chi connectivity index (χ0) is 21.2. The van der Waals surface area contributed by atoms with Crippen LogP contribution >= 0.6 is 0 Å². The summed E-state index contributed by atoms with van der Waals surface area (Å²) in [6, 6.07) is 12.2. The zero-order valence-corrected chi connectivity index (χ0v) is 18.2. The van der Waals surface area contributed by atoms with Crippen LogP contribution in [-0.2, 0) is 13.0 Å². The molecule has 1 N–H and O–H groups in total. The summed E-state index contributed by atoms with van der Waals surface area (Å²) in [6.45, 7) is 9.52. The number of rotatable bonds is 3. The van der Waals surface area contributed by atoms with Gasteiger partial charge in [-0.05, 0) is 24.2 Å². The van der Waals surface area contributed by atoms with Gasteiger partial charge in [-0.3, -0.25) is 0 Å². The molecule has 0 aliphatic carbocycles. The third-order valence-corrected chi connectivity index (χ3v) is 6.72. The maximum atomic E-state index is 13.0. The lowest BCUT2D eigenvalue weighted by Gasteiger charge is -2.36. The predicted molar refractivity (Wildman–Crippen MR) is 121 cm³/mol. The van der Waals surface area contributed by atoms with Gasteiger partial charge in [0.1, 0.15) is 11.6 Å². The molecule has 1 fully saturated rings. The van der Waals surface area contributed by atoms with Crippen molar-refractivity contribution in [3.8, 4) is 5.75 Å². The van der Waals surface area contributed by atoms with Gasteiger partial charge >= 0.3 is 6.03 Å². The Morgan fingerprint density at radius 3 is 2.81 bits per heavy atom. The Hall–Kier alpha value is -2.80. The molecule has 1 aromatic heterocycles. The summed E-state index contributed by atoms with van der Waals surface area (Å²) in [5, 5.41) is 3.22. The Morgan fingerprint density at radius 1 is 1.13 bits per heavy atom. The first-order chi connectivity index (χ1) is 15.2. The summed E-state index contributed by atoms with van der Waals surface area (Å²) in [5.41, 5.74) is 3.36. The lowest BCUT2D eigenvalue weighted by molar-refractivity contribution is 0.181. The highest BCUT2D eigenvalue weighted by Gasteiger charge is 2.27. The van der Waals surface area contributed by atoms with Gasteiger partial charge in [0, 0.05) is 63.4 Å². The first-order valence-electron chi connectivity index (χ1n) is 11.4. The van der Waals surface area contributed by atoms with E-state index in [1.807, 2.05) is 29.2 Å². The molecule has 4 heterocycles. The molecule has 3 aliphatic heterocycles. The summed E-state index contributed by atoms with van der Waals surface area (Å²) < 4.78 is 5.72. The number of nitrogens with one attached hydrogen (secondary N) is 1. The molecular formula is C24H31N5O2. The molecule has 0 radical (unpaired) electrons. The zero-order valence-electron chi connectivity index (χ0n) is 18.2. The SMILES string of the molecule is CCN1CCN(c2ccc3c(n2)CCN(C(=O)N[C@H]2CCOc4ccccc42)C3)CC1. The van der Waals surface area contributed by atoms with Crippen molar-refractivity contribution >= 4 is 11.8 Å². The molecule has 164 valence electrons. The van der Waals surface area contributed by atoms with Gasteiger partial charge in [0.25, 0.3) is 0 Å². The number of aromatic nitrogens is 1. The number of fused-ring (bicyclic) bond motifs is 2. The molecule has 0 spiro atoms. The van der Waals surface area contributed by atoms with Crippen LogP contribution in [-0.4, -0.2) is 66.7 Å². The molecule has 7 heteroatoms. The molecule has 1 aromatic carbocycles. The number of benzene rings is 1. The Balaban J connectivity index is 1.23. The van der Waals surface area contributed by atoms with Gasteiger partial charge in [-0.1, -0.05) is 31.2 Å². The van der Waals surface area contributed by atoms with Gasteiger partial charge < -0.3 is 24.8 Å². The van der Waals surface area contributed by atoms with Crippen molar-refractivity contribution in [3.05, 3.63) is 53.2 Å². The Kier molecular flexibility index (Phi) is 5.68. The number of hydrogen-bond donors (Lipinski definition) is 1. The number of hydrogen-bond acceptors (Lipinski definition) is 5. The average molecular weight is 422 g/mol. The van der Waals surface area contributed by atoms with E-state index in [0.29, 0.717) is 19.7 Å². The number of carbonyl (C=O) groups excluding carboxylic acids is 1. The van der Waals surface area contributed by atoms with E-state index in [-0.39, 0.29) is 12.1 Å². The molecule has 5 rings (SSSR count). The second kappa shape index (κ2) is 8.75. The van der Waals surface area contributed by atoms with Crippen LogP contribution in [0.1, 0.15) is 36.2 Å². The van der Waals surface area contributed by atoms with Crippen molar-refractivity contribution in [2.24, 2.45) is 0 Å². The van der Waals surface area contributed by atoms with Crippen LogP contribution in [0.3, 0.4) is 0 Å². The molecule has 2 amide bonds. The molecule has 2 aromatic rings. The lowest BCUT2D eigenvalue weighted by atomic mass is 10.0. The van der Waals surface area contributed by atoms with E-state index in [4.69, 9.17) is 9.72 Å². The third kappa shape index (κ3) is 4.19. The fourth-order valence-electron chi connectivity index (χ4n) is 4.78. The summed E-state index contributed by atoms with van der Waals surface area (Å²) in [6.07, 6.45) is 1.60. The van der Waals surface area contributed by atoms with Crippen LogP contribution < -0.4 is 15.0 Å². The second-order valence-electron chi connectivity index (χ2n) is 8.55. The number of ether oxygens (including phenoxy) is 1. The number of para-hydroxylation sites is 1. The van der Waals surface area contributed by atoms with E-state index < -0.39 is 0 Å². The van der Waals surface area contributed by atoms with Crippen molar-refractivity contribution in [2.45, 2.75) is 32.4 Å². The number of amides is 2. The lowest BCUT2D eigenvalue weighted by Crippen LogP contribution is -2.47. The van der Waals surface area contributed by atoms with Gasteiger partial charge in [0.15, 0.2) is 0 Å². The molecule has 0 unspecified atom stereocenters. The number of likely N-dealkylation sites (N-methyl/N-ethyl adjacent to an activating group) is 1. The summed E-state index contributed by atoms with van der Waals surface area (Å²) in [4.78, 5) is 24.7. The van der Waals surface area contributed by atoms with E-state index in [1.54, 1.807) is 0 Å². The van der Waals surface area contributed by atoms with Crippen molar-refractivity contribution in [3.63, 3.8) is 0 Å². The Bertz CT molecular complexity index is 941. The van der Waals surface area contributed by atoms with E-state index in [2.05, 4.69) is 34.2 Å². The van der Waals surface area contributed by atoms with E-state index >= 15 is 0 Å². The van der Waals surface area contributed by atoms with E-state index in [0.717, 1.165) is 74.0 Å². The molecule has 3 aliphatic rings. The van der Waals surface area contributed by atoms with Crippen molar-refractivity contribution in [2.75, 3.05) is 50.8 Å². The number of urea groups is 1. The Labute approximate surface area is 184 Å². The van der Waals surface area contributed by atoms with Gasteiger partial charge in [0.05, 0.1) is 12.6 Å². The molecule has 0 saturated carbocycles. The number of nitrogens with zero attached hydrogens (tertiary/aromatic N) is 4. The first kappa shape index (κ1) is 20.1. The van der Waals surface area contributed by atoms with Crippen molar-refractivity contribution < 1.29 is 9.53 Å². The van der Waals surface area contributed by atoms with Crippen molar-refractivity contribution in [1.29, 1.82) is 0 Å². The quantitative estimate of drug-likeness (QED) is 0.826. The molecule has 7 nitrogen and oxygen atoms in total. The summed E-state index contributed by atoms with van der Waals surface area (Å²) in [5.74, 6) is 1.95. The van der Waals surface area contributed by atoms with Gasteiger partial charge in [0.2, 0.25) is 0 Å². The third-order valence-electron chi connectivity index (χ3n) is 6.72. The molecule has 31 heavy (non-hydrogen) atoms. The van der Waals surface area contributed by atoms with Crippen LogP contribution in [0.2, 0.25) is 0 Å². The minimum atomic E-state index is -0.00730. The monoisotopic (exact) mass is 421 g/mol. The summed E-state index contributed by atoms with van der Waals surface area (Å²) >= 11 is 0. The maximum Gasteiger partial charge on any atom is 0.318 e. The first-order valence-corrected chi connectivity index (χ1v) is 11.4. The highest BCUT2D eigenvalue weighted by Crippen LogP contribution is 2.32. The Morgan fingerprint density at radius 2 is 1.97 bits per heavy atom. The van der Waals surface area contributed by atoms with Gasteiger partial charge in [-0.25, -0.2) is 9.78 Å². The van der Waals surface area contributed by atoms with E-state index in [1.165, 1.54) is 0 Å². The second-order valence-corrected chi connectivity index (χ2v) is 8.55. The van der Waals surface area contributed by atoms with Crippen LogP contribution in [0.4, 0.5) is 10.6 Å². The van der Waals surface area contributed by atoms with Gasteiger partial charge in [-0.15, -0.1) is 0 Å².